The Hall–Kier alpha value is -1.14. The lowest BCUT2D eigenvalue weighted by molar-refractivity contribution is 0.146. The maximum absolute atomic E-state index is 9.33. The number of hydrogen-bond acceptors (Lipinski definition) is 6. The second-order valence-corrected chi connectivity index (χ2v) is 4.25. The maximum atomic E-state index is 9.33. The first-order valence-corrected chi connectivity index (χ1v) is 5.70. The Kier molecular flexibility index (Phi) is 3.40. The van der Waals surface area contributed by atoms with Crippen molar-refractivity contribution in [2.45, 2.75) is 38.3 Å². The molecular formula is C10H18N4O2. The van der Waals surface area contributed by atoms with E-state index in [1.807, 2.05) is 0 Å². The lowest BCUT2D eigenvalue weighted by Gasteiger charge is -2.24. The van der Waals surface area contributed by atoms with Crippen molar-refractivity contribution in [2.24, 2.45) is 5.73 Å². The van der Waals surface area contributed by atoms with Gasteiger partial charge in [-0.2, -0.15) is 4.98 Å². The average Bonchev–Trinajstić information content (AvgIpc) is 2.78. The van der Waals surface area contributed by atoms with Crippen LogP contribution in [0.25, 0.3) is 0 Å². The van der Waals surface area contributed by atoms with Gasteiger partial charge in [0.05, 0.1) is 6.10 Å². The van der Waals surface area contributed by atoms with Gasteiger partial charge in [0.15, 0.2) is 0 Å². The van der Waals surface area contributed by atoms with Gasteiger partial charge in [0.25, 0.3) is 5.95 Å². The van der Waals surface area contributed by atoms with Crippen molar-refractivity contribution in [2.75, 3.05) is 18.0 Å². The average molecular weight is 226 g/mol. The van der Waals surface area contributed by atoms with E-state index in [1.54, 1.807) is 6.92 Å². The van der Waals surface area contributed by atoms with Crippen LogP contribution in [-0.2, 0) is 0 Å². The molecule has 6 heteroatoms. The number of rotatable bonds is 3. The predicted octanol–water partition coefficient (Wildman–Crippen LogP) is 0.440. The molecule has 0 spiro atoms. The van der Waals surface area contributed by atoms with E-state index in [0.29, 0.717) is 11.8 Å². The van der Waals surface area contributed by atoms with Crippen molar-refractivity contribution in [1.82, 2.24) is 10.1 Å². The summed E-state index contributed by atoms with van der Waals surface area (Å²) < 4.78 is 5.05. The Morgan fingerprint density at radius 1 is 1.38 bits per heavy atom. The van der Waals surface area contributed by atoms with Crippen LogP contribution in [0.1, 0.15) is 38.1 Å². The van der Waals surface area contributed by atoms with E-state index >= 15 is 0 Å². The molecule has 0 amide bonds. The highest BCUT2D eigenvalue weighted by molar-refractivity contribution is 5.28. The molecule has 0 radical (unpaired) electrons. The van der Waals surface area contributed by atoms with Crippen molar-refractivity contribution < 1.29 is 9.63 Å². The molecule has 2 heterocycles. The highest BCUT2D eigenvalue weighted by Gasteiger charge is 2.22. The number of anilines is 1. The van der Waals surface area contributed by atoms with Crippen molar-refractivity contribution in [3.05, 3.63) is 5.89 Å². The molecule has 1 saturated heterocycles. The molecule has 0 saturated carbocycles. The minimum atomic E-state index is -0.686. The maximum Gasteiger partial charge on any atom is 0.266 e. The highest BCUT2D eigenvalue weighted by atomic mass is 16.5. The monoisotopic (exact) mass is 226 g/mol. The van der Waals surface area contributed by atoms with E-state index in [1.165, 1.54) is 6.42 Å². The van der Waals surface area contributed by atoms with E-state index in [-0.39, 0.29) is 0 Å². The third-order valence-corrected chi connectivity index (χ3v) is 2.87. The fourth-order valence-electron chi connectivity index (χ4n) is 1.79. The van der Waals surface area contributed by atoms with E-state index in [2.05, 4.69) is 15.0 Å². The van der Waals surface area contributed by atoms with Crippen LogP contribution in [0.3, 0.4) is 0 Å². The molecule has 16 heavy (non-hydrogen) atoms. The third kappa shape index (κ3) is 2.33. The second-order valence-electron chi connectivity index (χ2n) is 4.25. The molecule has 3 N–H and O–H groups in total. The SMILES string of the molecule is CC(O)C(N)c1nc(N2CCCCC2)no1. The van der Waals surface area contributed by atoms with E-state index in [4.69, 9.17) is 10.3 Å². The van der Waals surface area contributed by atoms with Crippen LogP contribution < -0.4 is 10.6 Å². The Labute approximate surface area is 94.4 Å². The van der Waals surface area contributed by atoms with Gasteiger partial charge in [-0.05, 0) is 31.3 Å². The summed E-state index contributed by atoms with van der Waals surface area (Å²) in [7, 11) is 0. The Morgan fingerprint density at radius 3 is 2.69 bits per heavy atom. The normalized spacial score (nSPS) is 20.8. The number of hydrogen-bond donors (Lipinski definition) is 2. The summed E-state index contributed by atoms with van der Waals surface area (Å²) in [6.45, 7) is 3.53. The minimum Gasteiger partial charge on any atom is -0.391 e. The largest absolute Gasteiger partial charge is 0.391 e. The van der Waals surface area contributed by atoms with E-state index in [9.17, 15) is 5.11 Å². The van der Waals surface area contributed by atoms with Crippen molar-refractivity contribution >= 4 is 5.95 Å². The molecule has 1 aromatic heterocycles. The summed E-state index contributed by atoms with van der Waals surface area (Å²) >= 11 is 0. The molecule has 1 aliphatic rings. The molecule has 2 rings (SSSR count). The number of aliphatic hydroxyl groups excluding tert-OH is 1. The molecule has 1 fully saturated rings. The van der Waals surface area contributed by atoms with Gasteiger partial charge in [0.2, 0.25) is 5.89 Å². The first-order chi connectivity index (χ1) is 7.68. The topological polar surface area (TPSA) is 88.4 Å². The van der Waals surface area contributed by atoms with E-state index < -0.39 is 12.1 Å². The van der Waals surface area contributed by atoms with Gasteiger partial charge in [-0.25, -0.2) is 0 Å². The first kappa shape index (κ1) is 11.3. The standard InChI is InChI=1S/C10H18N4O2/c1-7(15)8(11)9-12-10(13-16-9)14-5-3-2-4-6-14/h7-8,15H,2-6,11H2,1H3. The zero-order chi connectivity index (χ0) is 11.5. The van der Waals surface area contributed by atoms with Crippen LogP contribution in [0.2, 0.25) is 0 Å². The molecule has 2 unspecified atom stereocenters. The van der Waals surface area contributed by atoms with Gasteiger partial charge in [0, 0.05) is 13.1 Å². The zero-order valence-electron chi connectivity index (χ0n) is 9.46. The van der Waals surface area contributed by atoms with Gasteiger partial charge < -0.3 is 20.3 Å². The smallest absolute Gasteiger partial charge is 0.266 e. The summed E-state index contributed by atoms with van der Waals surface area (Å²) in [5.74, 6) is 0.890. The molecule has 0 bridgehead atoms. The molecule has 1 aliphatic heterocycles. The first-order valence-electron chi connectivity index (χ1n) is 5.70. The van der Waals surface area contributed by atoms with Crippen LogP contribution in [-0.4, -0.2) is 34.4 Å². The van der Waals surface area contributed by atoms with Gasteiger partial charge in [-0.15, -0.1) is 0 Å². The van der Waals surface area contributed by atoms with Gasteiger partial charge >= 0.3 is 0 Å². The van der Waals surface area contributed by atoms with Crippen molar-refractivity contribution in [3.8, 4) is 0 Å². The molecule has 0 aliphatic carbocycles. The fraction of sp³-hybridized carbons (Fsp3) is 0.800. The van der Waals surface area contributed by atoms with Crippen LogP contribution in [0.5, 0.6) is 0 Å². The predicted molar refractivity (Wildman–Crippen MR) is 59.0 cm³/mol. The number of nitrogens with two attached hydrogens (primary N) is 1. The number of nitrogens with zero attached hydrogens (tertiary/aromatic N) is 3. The Bertz CT molecular complexity index is 333. The molecule has 2 atom stereocenters. The van der Waals surface area contributed by atoms with Gasteiger partial charge in [-0.1, -0.05) is 0 Å². The lowest BCUT2D eigenvalue weighted by atomic mass is 10.1. The van der Waals surface area contributed by atoms with Crippen LogP contribution in [0.4, 0.5) is 5.95 Å². The fourth-order valence-corrected chi connectivity index (χ4v) is 1.79. The summed E-state index contributed by atoms with van der Waals surface area (Å²) in [6.07, 6.45) is 2.89. The van der Waals surface area contributed by atoms with Crippen LogP contribution in [0.15, 0.2) is 4.52 Å². The Balaban J connectivity index is 2.06. The summed E-state index contributed by atoms with van der Waals surface area (Å²) in [6, 6.07) is -0.606. The second kappa shape index (κ2) is 4.80. The minimum absolute atomic E-state index is 0.301. The molecule has 6 nitrogen and oxygen atoms in total. The summed E-state index contributed by atoms with van der Waals surface area (Å²) in [5.41, 5.74) is 5.72. The third-order valence-electron chi connectivity index (χ3n) is 2.87. The van der Waals surface area contributed by atoms with Crippen molar-refractivity contribution in [3.63, 3.8) is 0 Å². The zero-order valence-corrected chi connectivity index (χ0v) is 9.46. The molecule has 0 aromatic carbocycles. The van der Waals surface area contributed by atoms with Gasteiger partial charge in [-0.3, -0.25) is 0 Å². The summed E-state index contributed by atoms with van der Waals surface area (Å²) in [5, 5.41) is 13.2. The van der Waals surface area contributed by atoms with E-state index in [0.717, 1.165) is 25.9 Å². The number of piperidine rings is 1. The van der Waals surface area contributed by atoms with Crippen molar-refractivity contribution in [1.29, 1.82) is 0 Å². The molecular weight excluding hydrogens is 208 g/mol. The Morgan fingerprint density at radius 2 is 2.06 bits per heavy atom. The lowest BCUT2D eigenvalue weighted by Crippen LogP contribution is -2.30. The van der Waals surface area contributed by atoms with Crippen LogP contribution in [0, 0.1) is 0 Å². The number of aromatic nitrogens is 2. The highest BCUT2D eigenvalue weighted by Crippen LogP contribution is 2.19. The molecule has 90 valence electrons. The number of aliphatic hydroxyl groups is 1. The quantitative estimate of drug-likeness (QED) is 0.777. The molecule has 1 aromatic rings. The van der Waals surface area contributed by atoms with Crippen LogP contribution >= 0.6 is 0 Å². The van der Waals surface area contributed by atoms with Gasteiger partial charge in [0.1, 0.15) is 6.04 Å². The summed E-state index contributed by atoms with van der Waals surface area (Å²) in [4.78, 5) is 6.31.